The van der Waals surface area contributed by atoms with Crippen LogP contribution >= 0.6 is 0 Å². The summed E-state index contributed by atoms with van der Waals surface area (Å²) in [6.07, 6.45) is 1.02. The van der Waals surface area contributed by atoms with Crippen LogP contribution in [0.5, 0.6) is 5.75 Å². The third-order valence-corrected chi connectivity index (χ3v) is 14.4. The smallest absolute Gasteiger partial charge is 0.410 e. The molecule has 0 aromatic heterocycles. The maximum Gasteiger partial charge on any atom is 0.453 e. The van der Waals surface area contributed by atoms with Crippen molar-refractivity contribution in [1.82, 2.24) is 9.80 Å². The van der Waals surface area contributed by atoms with Gasteiger partial charge in [0.05, 0.1) is 19.3 Å². The first-order valence-corrected chi connectivity index (χ1v) is 20.6. The van der Waals surface area contributed by atoms with E-state index in [1.54, 1.807) is 4.90 Å². The van der Waals surface area contributed by atoms with Crippen molar-refractivity contribution >= 4 is 22.8 Å². The molecule has 0 spiro atoms. The highest BCUT2D eigenvalue weighted by atomic mass is 32.2. The number of carbonyl (C=O) groups is 2. The lowest BCUT2D eigenvalue weighted by atomic mass is 9.52. The summed E-state index contributed by atoms with van der Waals surface area (Å²) in [5.74, 6) is -2.88. The Morgan fingerprint density at radius 1 is 1.04 bits per heavy atom. The quantitative estimate of drug-likeness (QED) is 0.213. The van der Waals surface area contributed by atoms with Crippen LogP contribution in [0.3, 0.4) is 0 Å². The molecule has 2 saturated heterocycles. The molecule has 7 atom stereocenters. The van der Waals surface area contributed by atoms with E-state index in [-0.39, 0.29) is 53.4 Å². The Labute approximate surface area is 305 Å². The van der Waals surface area contributed by atoms with Crippen LogP contribution < -0.4 is 4.74 Å². The molecule has 0 bridgehead atoms. The van der Waals surface area contributed by atoms with E-state index < -0.39 is 41.8 Å². The summed E-state index contributed by atoms with van der Waals surface area (Å²) < 4.78 is 89.3. The lowest BCUT2D eigenvalue weighted by Crippen LogP contribution is -2.48. The topological polar surface area (TPSA) is 96.4 Å². The highest BCUT2D eigenvalue weighted by Gasteiger charge is 2.58. The second kappa shape index (κ2) is 16.2. The fourth-order valence-corrected chi connectivity index (χ4v) is 11.5. The predicted molar refractivity (Wildman–Crippen MR) is 186 cm³/mol. The van der Waals surface area contributed by atoms with Crippen LogP contribution in [-0.2, 0) is 26.8 Å². The number of nitrogens with zero attached hydrogens (tertiary/aromatic N) is 2. The van der Waals surface area contributed by atoms with E-state index in [4.69, 9.17) is 9.47 Å². The van der Waals surface area contributed by atoms with Gasteiger partial charge >= 0.3 is 18.2 Å². The van der Waals surface area contributed by atoms with Crippen LogP contribution in [0.1, 0.15) is 101 Å². The van der Waals surface area contributed by atoms with Gasteiger partial charge in [-0.2, -0.15) is 22.0 Å². The molecule has 1 aromatic rings. The number of alkyl halides is 5. The number of amides is 2. The van der Waals surface area contributed by atoms with Crippen LogP contribution in [0.15, 0.2) is 18.2 Å². The second-order valence-corrected chi connectivity index (χ2v) is 17.6. The van der Waals surface area contributed by atoms with Gasteiger partial charge in [-0.3, -0.25) is 9.00 Å². The lowest BCUT2D eigenvalue weighted by molar-refractivity contribution is -0.284. The Kier molecular flexibility index (Phi) is 12.3. The Bertz CT molecular complexity index is 1460. The van der Waals surface area contributed by atoms with Gasteiger partial charge in [-0.05, 0) is 123 Å². The van der Waals surface area contributed by atoms with Crippen molar-refractivity contribution in [3.63, 3.8) is 0 Å². The number of fused-ring (bicyclic) bond motifs is 5. The minimum absolute atomic E-state index is 0.0327. The third-order valence-electron chi connectivity index (χ3n) is 12.9. The Morgan fingerprint density at radius 2 is 1.79 bits per heavy atom. The first-order valence-electron chi connectivity index (χ1n) is 19.1. The lowest BCUT2D eigenvalue weighted by Gasteiger charge is -2.53. The van der Waals surface area contributed by atoms with Crippen molar-refractivity contribution in [2.75, 3.05) is 44.4 Å². The molecule has 2 aliphatic heterocycles. The standard InChI is InChI=1S/C38H53F5N2O6S/c1-36-15-11-30-29-8-7-28(51-35(48)44-17-12-27(13-18-44)45-16-2-6-33(45)47)24-26(29)23-25(34(30)31(36)9-10-32(36)50-20-19-46)5-3-21-52(49)22-4-14-37(39,40)38(41,42)43/h7-8,24-25,27,30-32,34,46H,2-6,9-23H2,1H3/t25-,30-,31+,32+,34-,36+,52?/m1/s1. The maximum absolute atomic E-state index is 13.4. The van der Waals surface area contributed by atoms with Gasteiger partial charge in [0.2, 0.25) is 5.91 Å². The van der Waals surface area contributed by atoms with Crippen molar-refractivity contribution in [1.29, 1.82) is 0 Å². The Balaban J connectivity index is 1.12. The number of carbonyl (C=O) groups excluding carboxylic acids is 2. The summed E-state index contributed by atoms with van der Waals surface area (Å²) in [5, 5.41) is 9.44. The number of benzene rings is 1. The molecular formula is C38H53F5N2O6S. The normalized spacial score (nSPS) is 30.2. The summed E-state index contributed by atoms with van der Waals surface area (Å²) in [6, 6.07) is 6.11. The monoisotopic (exact) mass is 760 g/mol. The number of likely N-dealkylation sites (tertiary alicyclic amines) is 2. The van der Waals surface area contributed by atoms with Gasteiger partial charge in [0.15, 0.2) is 0 Å². The molecule has 2 saturated carbocycles. The number of aliphatic hydroxyl groups is 1. The molecule has 0 radical (unpaired) electrons. The van der Waals surface area contributed by atoms with Crippen molar-refractivity contribution in [2.45, 2.75) is 121 Å². The SMILES string of the molecule is C[C@]12CC[C@@H]3c4ccc(OC(=O)N5CCC(N6CCCC6=O)CC5)cc4C[C@@H](CCCS(=O)CCCC(F)(F)C(F)(F)F)[C@H]3[C@@H]1CC[C@@H]2OCCO. The highest BCUT2D eigenvalue weighted by Crippen LogP contribution is 2.63. The number of hydrogen-bond donors (Lipinski definition) is 1. The van der Waals surface area contributed by atoms with E-state index in [2.05, 4.69) is 13.0 Å². The maximum atomic E-state index is 13.4. The molecule has 8 nitrogen and oxygen atoms in total. The van der Waals surface area contributed by atoms with E-state index in [0.717, 1.165) is 69.9 Å². The van der Waals surface area contributed by atoms with Crippen LogP contribution in [0.25, 0.3) is 0 Å². The molecule has 3 aliphatic carbocycles. The van der Waals surface area contributed by atoms with Crippen molar-refractivity contribution < 1.29 is 50.3 Å². The van der Waals surface area contributed by atoms with Crippen molar-refractivity contribution in [3.8, 4) is 5.75 Å². The number of hydrogen-bond acceptors (Lipinski definition) is 6. The summed E-state index contributed by atoms with van der Waals surface area (Å²) >= 11 is 0. The molecule has 1 unspecified atom stereocenters. The largest absolute Gasteiger partial charge is 0.453 e. The average Bonchev–Trinajstić information content (AvgIpc) is 3.68. The highest BCUT2D eigenvalue weighted by molar-refractivity contribution is 7.84. The van der Waals surface area contributed by atoms with Gasteiger partial charge < -0.3 is 24.4 Å². The minimum Gasteiger partial charge on any atom is -0.410 e. The molecule has 52 heavy (non-hydrogen) atoms. The molecule has 14 heteroatoms. The molecular weight excluding hydrogens is 707 g/mol. The molecule has 2 heterocycles. The van der Waals surface area contributed by atoms with Gasteiger partial charge in [-0.15, -0.1) is 0 Å². The van der Waals surface area contributed by atoms with E-state index in [1.807, 2.05) is 17.0 Å². The number of halogens is 5. The third kappa shape index (κ3) is 8.33. The van der Waals surface area contributed by atoms with Gasteiger partial charge in [-0.25, -0.2) is 4.79 Å². The van der Waals surface area contributed by atoms with Gasteiger partial charge in [0, 0.05) is 60.8 Å². The Hall–Kier alpha value is -2.32. The molecule has 4 fully saturated rings. The summed E-state index contributed by atoms with van der Waals surface area (Å²) in [4.78, 5) is 29.1. The van der Waals surface area contributed by atoms with Gasteiger partial charge in [-0.1, -0.05) is 13.0 Å². The zero-order chi connectivity index (χ0) is 37.3. The number of rotatable bonds is 13. The minimum atomic E-state index is -5.61. The molecule has 5 aliphatic rings. The fourth-order valence-electron chi connectivity index (χ4n) is 10.3. The van der Waals surface area contributed by atoms with Crippen LogP contribution in [0, 0.1) is 23.2 Å². The van der Waals surface area contributed by atoms with Crippen molar-refractivity contribution in [3.05, 3.63) is 29.3 Å². The van der Waals surface area contributed by atoms with E-state index in [9.17, 15) is 40.9 Å². The summed E-state index contributed by atoms with van der Waals surface area (Å²) in [5.41, 5.74) is 2.32. The van der Waals surface area contributed by atoms with Crippen LogP contribution in [0.4, 0.5) is 26.7 Å². The molecule has 2 amide bonds. The summed E-state index contributed by atoms with van der Waals surface area (Å²) in [7, 11) is -1.51. The number of piperidine rings is 1. The van der Waals surface area contributed by atoms with Crippen molar-refractivity contribution in [2.24, 2.45) is 23.2 Å². The first kappa shape index (κ1) is 39.4. The fraction of sp³-hybridized carbons (Fsp3) is 0.789. The average molecular weight is 761 g/mol. The number of ether oxygens (including phenoxy) is 2. The van der Waals surface area contributed by atoms with Gasteiger partial charge in [0.1, 0.15) is 5.75 Å². The van der Waals surface area contributed by atoms with E-state index in [1.165, 1.54) is 5.56 Å². The predicted octanol–water partition coefficient (Wildman–Crippen LogP) is 7.24. The van der Waals surface area contributed by atoms with Crippen LogP contribution in [0.2, 0.25) is 0 Å². The summed E-state index contributed by atoms with van der Waals surface area (Å²) in [6.45, 7) is 4.41. The zero-order valence-corrected chi connectivity index (χ0v) is 30.8. The van der Waals surface area contributed by atoms with Gasteiger partial charge in [0.25, 0.3) is 0 Å². The Morgan fingerprint density at radius 3 is 2.48 bits per heavy atom. The number of aliphatic hydroxyl groups excluding tert-OH is 1. The zero-order valence-electron chi connectivity index (χ0n) is 30.0. The molecule has 292 valence electrons. The second-order valence-electron chi connectivity index (χ2n) is 15.9. The molecule has 6 rings (SSSR count). The van der Waals surface area contributed by atoms with E-state index in [0.29, 0.717) is 50.1 Å². The first-order chi connectivity index (χ1) is 24.7. The van der Waals surface area contributed by atoms with Crippen LogP contribution in [-0.4, -0.2) is 99.7 Å². The molecule has 1 aromatic carbocycles. The molecule has 1 N–H and O–H groups in total. The van der Waals surface area contributed by atoms with E-state index >= 15 is 0 Å².